The molecule has 0 aromatic heterocycles. The number of aryl methyl sites for hydroxylation is 1. The maximum Gasteiger partial charge on any atom is 0.319 e. The summed E-state index contributed by atoms with van der Waals surface area (Å²) in [7, 11) is 0. The number of carbonyl (C=O) groups excluding carboxylic acids is 1. The van der Waals surface area contributed by atoms with E-state index in [1.54, 1.807) is 13.0 Å². The molecule has 0 radical (unpaired) electrons. The number of nitrogens with two attached hydrogens (primary N) is 1. The van der Waals surface area contributed by atoms with Crippen molar-refractivity contribution in [1.29, 1.82) is 0 Å². The van der Waals surface area contributed by atoms with Crippen LogP contribution >= 0.6 is 0 Å². The molecule has 0 fully saturated rings. The van der Waals surface area contributed by atoms with Crippen LogP contribution in [0.2, 0.25) is 0 Å². The number of rotatable bonds is 4. The Labute approximate surface area is 101 Å². The van der Waals surface area contributed by atoms with Crippen LogP contribution in [0, 0.1) is 12.7 Å². The number of halogens is 1. The highest BCUT2D eigenvalue weighted by atomic mass is 19.1. The predicted molar refractivity (Wildman–Crippen MR) is 64.2 cm³/mol. The highest BCUT2D eigenvalue weighted by Crippen LogP contribution is 2.25. The second-order valence-electron chi connectivity index (χ2n) is 4.19. The minimum atomic E-state index is -0.427. The van der Waals surface area contributed by atoms with Gasteiger partial charge in [-0.3, -0.25) is 4.79 Å². The third-order valence-corrected chi connectivity index (χ3v) is 2.91. The third kappa shape index (κ3) is 3.53. The van der Waals surface area contributed by atoms with Gasteiger partial charge in [0, 0.05) is 5.92 Å². The first-order chi connectivity index (χ1) is 7.95. The highest BCUT2D eigenvalue weighted by molar-refractivity contribution is 5.71. The Kier molecular flexibility index (Phi) is 4.63. The summed E-state index contributed by atoms with van der Waals surface area (Å²) in [5, 5.41) is 0. The zero-order valence-corrected chi connectivity index (χ0v) is 10.4. The molecule has 2 N–H and O–H groups in total. The van der Waals surface area contributed by atoms with E-state index in [0.29, 0.717) is 0 Å². The summed E-state index contributed by atoms with van der Waals surface area (Å²) < 4.78 is 18.1. The summed E-state index contributed by atoms with van der Waals surface area (Å²) in [6, 6.07) is 4.61. The molecule has 0 bridgehead atoms. The Morgan fingerprint density at radius 2 is 2.12 bits per heavy atom. The lowest BCUT2D eigenvalue weighted by molar-refractivity contribution is -0.147. The molecule has 0 saturated carbocycles. The van der Waals surface area contributed by atoms with Crippen LogP contribution in [-0.2, 0) is 9.53 Å². The van der Waals surface area contributed by atoms with Gasteiger partial charge in [-0.05, 0) is 37.1 Å². The molecule has 0 saturated heterocycles. The van der Waals surface area contributed by atoms with Gasteiger partial charge >= 0.3 is 5.97 Å². The topological polar surface area (TPSA) is 52.3 Å². The molecule has 0 aliphatic carbocycles. The maximum atomic E-state index is 13.0. The average Bonchev–Trinajstić information content (AvgIpc) is 2.28. The molecule has 0 aliphatic rings. The molecule has 0 amide bonds. The summed E-state index contributed by atoms with van der Waals surface area (Å²) in [5.74, 6) is -0.680. The van der Waals surface area contributed by atoms with Crippen LogP contribution in [0.15, 0.2) is 18.2 Å². The summed E-state index contributed by atoms with van der Waals surface area (Å²) in [4.78, 5) is 11.1. The maximum absolute atomic E-state index is 13.0. The summed E-state index contributed by atoms with van der Waals surface area (Å²) >= 11 is 0. The van der Waals surface area contributed by atoms with E-state index >= 15 is 0 Å². The van der Waals surface area contributed by atoms with Gasteiger partial charge in [0.1, 0.15) is 11.9 Å². The number of hydrogen-bond donors (Lipinski definition) is 1. The zero-order chi connectivity index (χ0) is 13.0. The fourth-order valence-electron chi connectivity index (χ4n) is 1.76. The normalized spacial score (nSPS) is 14.2. The Balaban J connectivity index is 2.81. The summed E-state index contributed by atoms with van der Waals surface area (Å²) in [6.45, 7) is 5.46. The number of carbonyl (C=O) groups is 1. The molecule has 94 valence electrons. The number of ether oxygens (including phenoxy) is 1. The molecule has 0 spiro atoms. The largest absolute Gasteiger partial charge is 0.461 e. The molecule has 1 rings (SSSR count). The molecule has 0 heterocycles. The Hall–Kier alpha value is -1.42. The minimum Gasteiger partial charge on any atom is -0.461 e. The van der Waals surface area contributed by atoms with Crippen LogP contribution in [0.25, 0.3) is 0 Å². The molecular weight excluding hydrogens is 221 g/mol. The van der Waals surface area contributed by atoms with Crippen molar-refractivity contribution in [3.63, 3.8) is 0 Å². The van der Waals surface area contributed by atoms with Gasteiger partial charge in [0.25, 0.3) is 0 Å². The Morgan fingerprint density at radius 3 is 2.65 bits per heavy atom. The second-order valence-corrected chi connectivity index (χ2v) is 4.19. The lowest BCUT2D eigenvalue weighted by atomic mass is 9.92. The fraction of sp³-hybridized carbons (Fsp3) is 0.462. The lowest BCUT2D eigenvalue weighted by Gasteiger charge is -2.22. The quantitative estimate of drug-likeness (QED) is 0.819. The van der Waals surface area contributed by atoms with Crippen LogP contribution in [0.1, 0.15) is 30.9 Å². The molecule has 0 aliphatic heterocycles. The van der Waals surface area contributed by atoms with Gasteiger partial charge in [-0.2, -0.15) is 0 Å². The van der Waals surface area contributed by atoms with Gasteiger partial charge in [-0.15, -0.1) is 0 Å². The van der Waals surface area contributed by atoms with E-state index < -0.39 is 5.97 Å². The van der Waals surface area contributed by atoms with Crippen LogP contribution in [0.4, 0.5) is 4.39 Å². The third-order valence-electron chi connectivity index (χ3n) is 2.91. The van der Waals surface area contributed by atoms with Crippen molar-refractivity contribution in [2.24, 2.45) is 5.73 Å². The van der Waals surface area contributed by atoms with Gasteiger partial charge in [-0.25, -0.2) is 4.39 Å². The SMILES string of the molecule is Cc1cc(F)ccc1[C@H](C)[C@@H](C)OC(=O)CN. The second kappa shape index (κ2) is 5.77. The van der Waals surface area contributed by atoms with Gasteiger partial charge in [-0.1, -0.05) is 13.0 Å². The zero-order valence-electron chi connectivity index (χ0n) is 10.4. The van der Waals surface area contributed by atoms with Gasteiger partial charge in [0.2, 0.25) is 0 Å². The van der Waals surface area contributed by atoms with Crippen LogP contribution in [0.5, 0.6) is 0 Å². The molecule has 4 heteroatoms. The highest BCUT2D eigenvalue weighted by Gasteiger charge is 2.19. The van der Waals surface area contributed by atoms with Crippen molar-refractivity contribution in [2.45, 2.75) is 32.8 Å². The Bertz CT molecular complexity index is 406. The van der Waals surface area contributed by atoms with E-state index in [2.05, 4.69) is 0 Å². The van der Waals surface area contributed by atoms with E-state index in [0.717, 1.165) is 11.1 Å². The van der Waals surface area contributed by atoms with E-state index in [-0.39, 0.29) is 24.4 Å². The van der Waals surface area contributed by atoms with Crippen molar-refractivity contribution < 1.29 is 13.9 Å². The molecule has 1 aromatic rings. The lowest BCUT2D eigenvalue weighted by Crippen LogP contribution is -2.25. The predicted octanol–water partition coefficient (Wildman–Crippen LogP) is 2.13. The average molecular weight is 239 g/mol. The summed E-state index contributed by atoms with van der Waals surface area (Å²) in [6.07, 6.45) is -0.282. The van der Waals surface area contributed by atoms with Crippen LogP contribution < -0.4 is 5.73 Å². The van der Waals surface area contributed by atoms with Gasteiger partial charge in [0.05, 0.1) is 6.54 Å². The first kappa shape index (κ1) is 13.6. The summed E-state index contributed by atoms with van der Waals surface area (Å²) in [5.41, 5.74) is 7.02. The molecular formula is C13H18FNO2. The molecule has 2 atom stereocenters. The number of benzene rings is 1. The van der Waals surface area contributed by atoms with Crippen LogP contribution in [-0.4, -0.2) is 18.6 Å². The van der Waals surface area contributed by atoms with Crippen molar-refractivity contribution in [1.82, 2.24) is 0 Å². The first-order valence-electron chi connectivity index (χ1n) is 5.61. The van der Waals surface area contributed by atoms with Crippen LogP contribution in [0.3, 0.4) is 0 Å². The minimum absolute atomic E-state index is 0.00565. The fourth-order valence-corrected chi connectivity index (χ4v) is 1.76. The smallest absolute Gasteiger partial charge is 0.319 e. The number of esters is 1. The van der Waals surface area contributed by atoms with E-state index in [9.17, 15) is 9.18 Å². The number of hydrogen-bond acceptors (Lipinski definition) is 3. The van der Waals surface area contributed by atoms with E-state index in [1.807, 2.05) is 13.8 Å². The van der Waals surface area contributed by atoms with Crippen molar-refractivity contribution in [3.05, 3.63) is 35.1 Å². The van der Waals surface area contributed by atoms with Gasteiger partial charge in [0.15, 0.2) is 0 Å². The van der Waals surface area contributed by atoms with Crippen molar-refractivity contribution in [3.8, 4) is 0 Å². The van der Waals surface area contributed by atoms with Crippen molar-refractivity contribution in [2.75, 3.05) is 6.54 Å². The molecule has 17 heavy (non-hydrogen) atoms. The molecule has 1 aromatic carbocycles. The Morgan fingerprint density at radius 1 is 1.47 bits per heavy atom. The van der Waals surface area contributed by atoms with E-state index in [1.165, 1.54) is 12.1 Å². The first-order valence-corrected chi connectivity index (χ1v) is 5.61. The van der Waals surface area contributed by atoms with E-state index in [4.69, 9.17) is 10.5 Å². The molecule has 0 unspecified atom stereocenters. The monoisotopic (exact) mass is 239 g/mol. The standard InChI is InChI=1S/C13H18FNO2/c1-8-6-11(14)4-5-12(8)9(2)10(3)17-13(16)7-15/h4-6,9-10H,7,15H2,1-3H3/t9-,10-/m1/s1. The van der Waals surface area contributed by atoms with Gasteiger partial charge < -0.3 is 10.5 Å². The van der Waals surface area contributed by atoms with Crippen molar-refractivity contribution >= 4 is 5.97 Å². The molecule has 3 nitrogen and oxygen atoms in total.